The summed E-state index contributed by atoms with van der Waals surface area (Å²) in [5.41, 5.74) is 2.64. The molecule has 0 bridgehead atoms. The predicted molar refractivity (Wildman–Crippen MR) is 99.2 cm³/mol. The molecule has 0 aliphatic carbocycles. The molecule has 0 aliphatic heterocycles. The van der Waals surface area contributed by atoms with Gasteiger partial charge in [-0.1, -0.05) is 35.0 Å². The van der Waals surface area contributed by atoms with Crippen LogP contribution in [0.4, 0.5) is 5.69 Å². The standard InChI is InChI=1S/C20H19N3O4/c1-13-3-5-15(6-4-13)20-22-18(27-23-20)11-12-19(25)26-17-9-7-16(8-10-17)21-14(2)24/h3-10H,11-12H2,1-2H3,(H,21,24). The van der Waals surface area contributed by atoms with Crippen molar-refractivity contribution < 1.29 is 18.8 Å². The largest absolute Gasteiger partial charge is 0.427 e. The summed E-state index contributed by atoms with van der Waals surface area (Å²) < 4.78 is 10.5. The van der Waals surface area contributed by atoms with E-state index >= 15 is 0 Å². The summed E-state index contributed by atoms with van der Waals surface area (Å²) in [5.74, 6) is 0.706. The Morgan fingerprint density at radius 1 is 1.07 bits per heavy atom. The zero-order chi connectivity index (χ0) is 19.2. The van der Waals surface area contributed by atoms with Crippen LogP contribution < -0.4 is 10.1 Å². The van der Waals surface area contributed by atoms with Crippen LogP contribution in [0.2, 0.25) is 0 Å². The third kappa shape index (κ3) is 5.24. The highest BCUT2D eigenvalue weighted by molar-refractivity contribution is 5.88. The lowest BCUT2D eigenvalue weighted by Crippen LogP contribution is -2.09. The van der Waals surface area contributed by atoms with Crippen LogP contribution in [-0.2, 0) is 16.0 Å². The van der Waals surface area contributed by atoms with Gasteiger partial charge in [0.2, 0.25) is 17.6 Å². The predicted octanol–water partition coefficient (Wildman–Crippen LogP) is 3.54. The lowest BCUT2D eigenvalue weighted by molar-refractivity contribution is -0.134. The number of carbonyl (C=O) groups excluding carboxylic acids is 2. The van der Waals surface area contributed by atoms with Crippen molar-refractivity contribution in [2.45, 2.75) is 26.7 Å². The van der Waals surface area contributed by atoms with Gasteiger partial charge >= 0.3 is 5.97 Å². The molecular formula is C20H19N3O4. The van der Waals surface area contributed by atoms with Crippen molar-refractivity contribution in [3.63, 3.8) is 0 Å². The van der Waals surface area contributed by atoms with Crippen LogP contribution in [0, 0.1) is 6.92 Å². The molecule has 138 valence electrons. The number of carbonyl (C=O) groups is 2. The Bertz CT molecular complexity index is 931. The SMILES string of the molecule is CC(=O)Nc1ccc(OC(=O)CCc2nc(-c3ccc(C)cc3)no2)cc1. The molecule has 0 radical (unpaired) electrons. The maximum atomic E-state index is 12.0. The highest BCUT2D eigenvalue weighted by Gasteiger charge is 2.12. The van der Waals surface area contributed by atoms with Gasteiger partial charge < -0.3 is 14.6 Å². The number of hydrogen-bond acceptors (Lipinski definition) is 6. The van der Waals surface area contributed by atoms with E-state index in [-0.39, 0.29) is 12.3 Å². The second-order valence-electron chi connectivity index (χ2n) is 6.06. The molecule has 0 atom stereocenters. The van der Waals surface area contributed by atoms with Crippen LogP contribution in [-0.4, -0.2) is 22.0 Å². The molecule has 1 amide bonds. The lowest BCUT2D eigenvalue weighted by atomic mass is 10.1. The van der Waals surface area contributed by atoms with Crippen molar-refractivity contribution in [1.82, 2.24) is 10.1 Å². The van der Waals surface area contributed by atoms with Gasteiger partial charge in [0.05, 0.1) is 6.42 Å². The van der Waals surface area contributed by atoms with Crippen LogP contribution in [0.1, 0.15) is 24.8 Å². The molecule has 0 fully saturated rings. The Balaban J connectivity index is 1.52. The first kappa shape index (κ1) is 18.3. The number of esters is 1. The Labute approximate surface area is 156 Å². The summed E-state index contributed by atoms with van der Waals surface area (Å²) in [6.07, 6.45) is 0.407. The van der Waals surface area contributed by atoms with Crippen LogP contribution in [0.5, 0.6) is 5.75 Å². The summed E-state index contributed by atoms with van der Waals surface area (Å²) in [5, 5.41) is 6.58. The van der Waals surface area contributed by atoms with Crippen LogP contribution in [0.15, 0.2) is 53.1 Å². The number of aromatic nitrogens is 2. The number of benzene rings is 2. The molecule has 7 heteroatoms. The molecule has 1 N–H and O–H groups in total. The normalized spacial score (nSPS) is 10.4. The summed E-state index contributed by atoms with van der Waals surface area (Å²) >= 11 is 0. The Morgan fingerprint density at radius 3 is 2.44 bits per heavy atom. The van der Waals surface area contributed by atoms with E-state index in [0.717, 1.165) is 11.1 Å². The molecule has 0 spiro atoms. The number of hydrogen-bond donors (Lipinski definition) is 1. The first-order chi connectivity index (χ1) is 13.0. The van der Waals surface area contributed by atoms with Crippen molar-refractivity contribution in [1.29, 1.82) is 0 Å². The average molecular weight is 365 g/mol. The van der Waals surface area contributed by atoms with Crippen LogP contribution in [0.25, 0.3) is 11.4 Å². The number of amides is 1. The zero-order valence-electron chi connectivity index (χ0n) is 15.1. The average Bonchev–Trinajstić information content (AvgIpc) is 3.11. The Kier molecular flexibility index (Phi) is 5.61. The maximum absolute atomic E-state index is 12.0. The fourth-order valence-electron chi connectivity index (χ4n) is 2.38. The van der Waals surface area contributed by atoms with Gasteiger partial charge in [0.15, 0.2) is 0 Å². The van der Waals surface area contributed by atoms with Crippen LogP contribution in [0.3, 0.4) is 0 Å². The lowest BCUT2D eigenvalue weighted by Gasteiger charge is -2.05. The molecule has 0 saturated heterocycles. The fraction of sp³-hybridized carbons (Fsp3) is 0.200. The quantitative estimate of drug-likeness (QED) is 0.530. The molecule has 3 rings (SSSR count). The van der Waals surface area contributed by atoms with Gasteiger partial charge in [-0.15, -0.1) is 0 Å². The Morgan fingerprint density at radius 2 is 1.78 bits per heavy atom. The highest BCUT2D eigenvalue weighted by atomic mass is 16.5. The molecular weight excluding hydrogens is 346 g/mol. The van der Waals surface area contributed by atoms with E-state index in [0.29, 0.717) is 29.6 Å². The van der Waals surface area contributed by atoms with E-state index in [9.17, 15) is 9.59 Å². The van der Waals surface area contributed by atoms with Gasteiger partial charge in [-0.05, 0) is 31.2 Å². The van der Waals surface area contributed by atoms with Crippen molar-refractivity contribution in [2.75, 3.05) is 5.32 Å². The molecule has 1 heterocycles. The van der Waals surface area contributed by atoms with Gasteiger partial charge in [0.25, 0.3) is 0 Å². The minimum atomic E-state index is -0.405. The molecule has 2 aromatic carbocycles. The number of aryl methyl sites for hydroxylation is 2. The van der Waals surface area contributed by atoms with Crippen LogP contribution >= 0.6 is 0 Å². The number of rotatable bonds is 6. The molecule has 0 aliphatic rings. The summed E-state index contributed by atoms with van der Waals surface area (Å²) in [6, 6.07) is 14.3. The van der Waals surface area contributed by atoms with Crippen molar-refractivity contribution in [2.24, 2.45) is 0 Å². The molecule has 7 nitrogen and oxygen atoms in total. The van der Waals surface area contributed by atoms with E-state index in [1.807, 2.05) is 31.2 Å². The molecule has 0 saturated carbocycles. The number of ether oxygens (including phenoxy) is 1. The third-order valence-corrected chi connectivity index (χ3v) is 3.73. The molecule has 0 unspecified atom stereocenters. The van der Waals surface area contributed by atoms with Gasteiger partial charge in [0.1, 0.15) is 5.75 Å². The first-order valence-electron chi connectivity index (χ1n) is 8.47. The van der Waals surface area contributed by atoms with Gasteiger partial charge in [-0.2, -0.15) is 4.98 Å². The van der Waals surface area contributed by atoms with Gasteiger partial charge in [-0.3, -0.25) is 9.59 Å². The number of anilines is 1. The topological polar surface area (TPSA) is 94.3 Å². The fourth-order valence-corrected chi connectivity index (χ4v) is 2.38. The van der Waals surface area contributed by atoms with E-state index in [1.54, 1.807) is 24.3 Å². The first-order valence-corrected chi connectivity index (χ1v) is 8.47. The molecule has 1 aromatic heterocycles. The molecule has 27 heavy (non-hydrogen) atoms. The second-order valence-corrected chi connectivity index (χ2v) is 6.06. The minimum absolute atomic E-state index is 0.114. The maximum Gasteiger partial charge on any atom is 0.311 e. The van der Waals surface area contributed by atoms with E-state index < -0.39 is 5.97 Å². The van der Waals surface area contributed by atoms with Crippen molar-refractivity contribution >= 4 is 17.6 Å². The summed E-state index contributed by atoms with van der Waals surface area (Å²) in [6.45, 7) is 3.43. The van der Waals surface area contributed by atoms with Gasteiger partial charge in [-0.25, -0.2) is 0 Å². The minimum Gasteiger partial charge on any atom is -0.427 e. The smallest absolute Gasteiger partial charge is 0.311 e. The summed E-state index contributed by atoms with van der Waals surface area (Å²) in [4.78, 5) is 27.3. The summed E-state index contributed by atoms with van der Waals surface area (Å²) in [7, 11) is 0. The van der Waals surface area contributed by atoms with Crippen molar-refractivity contribution in [3.05, 3.63) is 60.0 Å². The number of nitrogens with one attached hydrogen (secondary N) is 1. The third-order valence-electron chi connectivity index (χ3n) is 3.73. The zero-order valence-corrected chi connectivity index (χ0v) is 15.1. The van der Waals surface area contributed by atoms with Crippen molar-refractivity contribution in [3.8, 4) is 17.1 Å². The van der Waals surface area contributed by atoms with E-state index in [2.05, 4.69) is 15.5 Å². The van der Waals surface area contributed by atoms with Gasteiger partial charge in [0, 0.05) is 24.6 Å². The highest BCUT2D eigenvalue weighted by Crippen LogP contribution is 2.18. The Hall–Kier alpha value is -3.48. The molecule has 3 aromatic rings. The van der Waals surface area contributed by atoms with E-state index in [1.165, 1.54) is 6.92 Å². The second kappa shape index (κ2) is 8.27. The number of nitrogens with zero attached hydrogens (tertiary/aromatic N) is 2. The van der Waals surface area contributed by atoms with E-state index in [4.69, 9.17) is 9.26 Å². The monoisotopic (exact) mass is 365 g/mol.